The second kappa shape index (κ2) is 3.78. The second-order valence-corrected chi connectivity index (χ2v) is 3.59. The molecule has 0 aromatic carbocycles. The molecule has 0 aliphatic rings. The number of hydrogen-bond donors (Lipinski definition) is 2. The van der Waals surface area contributed by atoms with Crippen LogP contribution in [0, 0.1) is 11.3 Å². The summed E-state index contributed by atoms with van der Waals surface area (Å²) in [6.07, 6.45) is 1.36. The normalized spacial score (nSPS) is 10.8. The van der Waals surface area contributed by atoms with Gasteiger partial charge >= 0.3 is 7.12 Å². The zero-order chi connectivity index (χ0) is 10.8. The monoisotopic (exact) mass is 190 g/mol. The van der Waals surface area contributed by atoms with Crippen LogP contribution in [0.2, 0.25) is 0 Å². The fourth-order valence-electron chi connectivity index (χ4n) is 0.985. The smallest absolute Gasteiger partial charge is 0.423 e. The number of pyridine rings is 1. The van der Waals surface area contributed by atoms with Gasteiger partial charge in [-0.1, -0.05) is 6.07 Å². The molecule has 0 bridgehead atoms. The topological polar surface area (TPSA) is 77.1 Å². The molecule has 5 heteroatoms. The molecule has 0 atom stereocenters. The molecule has 1 aromatic rings. The van der Waals surface area contributed by atoms with Gasteiger partial charge in [-0.15, -0.1) is 0 Å². The lowest BCUT2D eigenvalue weighted by Crippen LogP contribution is -2.31. The van der Waals surface area contributed by atoms with E-state index in [1.807, 2.05) is 0 Å². The van der Waals surface area contributed by atoms with Crippen LogP contribution in [0.4, 0.5) is 0 Å². The maximum Gasteiger partial charge on any atom is 0.490 e. The van der Waals surface area contributed by atoms with E-state index in [0.29, 0.717) is 11.2 Å². The number of rotatable bonds is 2. The minimum Gasteiger partial charge on any atom is -0.423 e. The van der Waals surface area contributed by atoms with Gasteiger partial charge in [0.1, 0.15) is 0 Å². The van der Waals surface area contributed by atoms with Crippen molar-refractivity contribution >= 4 is 12.6 Å². The van der Waals surface area contributed by atoms with Crippen molar-refractivity contribution < 1.29 is 10.0 Å². The summed E-state index contributed by atoms with van der Waals surface area (Å²) in [7, 11) is -1.51. The molecule has 14 heavy (non-hydrogen) atoms. The van der Waals surface area contributed by atoms with E-state index in [9.17, 15) is 0 Å². The van der Waals surface area contributed by atoms with E-state index in [1.165, 1.54) is 6.20 Å². The van der Waals surface area contributed by atoms with Crippen molar-refractivity contribution in [3.8, 4) is 6.07 Å². The van der Waals surface area contributed by atoms with Crippen molar-refractivity contribution in [1.29, 1.82) is 5.26 Å². The first kappa shape index (κ1) is 10.7. The van der Waals surface area contributed by atoms with Gasteiger partial charge in [0.15, 0.2) is 0 Å². The summed E-state index contributed by atoms with van der Waals surface area (Å²) in [5.41, 5.74) is 0.283. The van der Waals surface area contributed by atoms with E-state index in [4.69, 9.17) is 15.3 Å². The van der Waals surface area contributed by atoms with Crippen LogP contribution in [0.5, 0.6) is 0 Å². The van der Waals surface area contributed by atoms with Crippen molar-refractivity contribution in [3.05, 3.63) is 24.0 Å². The first-order valence-corrected chi connectivity index (χ1v) is 4.21. The highest BCUT2D eigenvalue weighted by Crippen LogP contribution is 2.18. The number of nitrogens with zero attached hydrogens (tertiary/aromatic N) is 2. The molecule has 0 fully saturated rings. The lowest BCUT2D eigenvalue weighted by atomic mass is 9.80. The third-order valence-electron chi connectivity index (χ3n) is 2.00. The Morgan fingerprint density at radius 3 is 2.43 bits per heavy atom. The molecule has 0 amide bonds. The Bertz CT molecular complexity index is 354. The van der Waals surface area contributed by atoms with E-state index < -0.39 is 12.5 Å². The Morgan fingerprint density at radius 1 is 1.43 bits per heavy atom. The Kier molecular flexibility index (Phi) is 2.89. The van der Waals surface area contributed by atoms with Crippen LogP contribution in [0.15, 0.2) is 18.3 Å². The number of hydrogen-bond acceptors (Lipinski definition) is 4. The third-order valence-corrected chi connectivity index (χ3v) is 2.00. The van der Waals surface area contributed by atoms with Gasteiger partial charge in [0, 0.05) is 11.7 Å². The summed E-state index contributed by atoms with van der Waals surface area (Å²) in [6.45, 7) is 3.51. The highest BCUT2D eigenvalue weighted by atomic mass is 16.4. The maximum absolute atomic E-state index is 8.84. The van der Waals surface area contributed by atoms with Crippen LogP contribution >= 0.6 is 0 Å². The van der Waals surface area contributed by atoms with Crippen LogP contribution in [-0.4, -0.2) is 22.2 Å². The van der Waals surface area contributed by atoms with E-state index >= 15 is 0 Å². The number of aromatic nitrogens is 1. The summed E-state index contributed by atoms with van der Waals surface area (Å²) in [4.78, 5) is 4.00. The number of nitriles is 1. The Morgan fingerprint density at radius 2 is 2.07 bits per heavy atom. The molecule has 0 saturated carbocycles. The minimum atomic E-state index is -1.51. The summed E-state index contributed by atoms with van der Waals surface area (Å²) in [5.74, 6) is 0. The Labute approximate surface area is 83.0 Å². The maximum atomic E-state index is 8.84. The van der Waals surface area contributed by atoms with Gasteiger partial charge < -0.3 is 10.0 Å². The first-order chi connectivity index (χ1) is 6.47. The van der Waals surface area contributed by atoms with Crippen LogP contribution < -0.4 is 5.46 Å². The fraction of sp³-hybridized carbons (Fsp3) is 0.333. The second-order valence-electron chi connectivity index (χ2n) is 3.59. The van der Waals surface area contributed by atoms with Gasteiger partial charge in [0.2, 0.25) is 0 Å². The molecule has 72 valence electrons. The standard InChI is InChI=1S/C9H11BN2O2/c1-9(2,6-11)8-4-3-7(5-12-8)10(13)14/h3-5,13-14H,1-2H3. The van der Waals surface area contributed by atoms with Crippen LogP contribution in [0.25, 0.3) is 0 Å². The van der Waals surface area contributed by atoms with E-state index in [1.54, 1.807) is 26.0 Å². The molecule has 4 nitrogen and oxygen atoms in total. The summed E-state index contributed by atoms with van der Waals surface area (Å²) >= 11 is 0. The molecule has 1 rings (SSSR count). The predicted molar refractivity (Wildman–Crippen MR) is 52.7 cm³/mol. The highest BCUT2D eigenvalue weighted by molar-refractivity contribution is 6.58. The molecule has 1 heterocycles. The molecule has 0 aliphatic carbocycles. The SMILES string of the molecule is CC(C)(C#N)c1ccc(B(O)O)cn1. The van der Waals surface area contributed by atoms with Gasteiger partial charge in [-0.3, -0.25) is 4.98 Å². The molecule has 1 aromatic heterocycles. The quantitative estimate of drug-likeness (QED) is 0.620. The molecule has 0 aliphatic heterocycles. The summed E-state index contributed by atoms with van der Waals surface area (Å²) in [6, 6.07) is 5.29. The van der Waals surface area contributed by atoms with Gasteiger partial charge in [0.05, 0.1) is 17.2 Å². The van der Waals surface area contributed by atoms with Gasteiger partial charge in [0.25, 0.3) is 0 Å². The third kappa shape index (κ3) is 2.10. The first-order valence-electron chi connectivity index (χ1n) is 4.21. The highest BCUT2D eigenvalue weighted by Gasteiger charge is 2.22. The lowest BCUT2D eigenvalue weighted by Gasteiger charge is -2.14. The predicted octanol–water partition coefficient (Wildman–Crippen LogP) is -0.437. The van der Waals surface area contributed by atoms with Crippen molar-refractivity contribution in [1.82, 2.24) is 4.98 Å². The molecule has 0 saturated heterocycles. The van der Waals surface area contributed by atoms with Crippen LogP contribution in [0.1, 0.15) is 19.5 Å². The molecule has 0 unspecified atom stereocenters. The molecule has 0 radical (unpaired) electrons. The molecular formula is C9H11BN2O2. The minimum absolute atomic E-state index is 0.322. The largest absolute Gasteiger partial charge is 0.490 e. The van der Waals surface area contributed by atoms with Gasteiger partial charge in [-0.05, 0) is 19.9 Å². The lowest BCUT2D eigenvalue weighted by molar-refractivity contribution is 0.425. The van der Waals surface area contributed by atoms with E-state index in [2.05, 4.69) is 11.1 Å². The molecule has 2 N–H and O–H groups in total. The summed E-state index contributed by atoms with van der Waals surface area (Å²) in [5, 5.41) is 26.5. The average molecular weight is 190 g/mol. The van der Waals surface area contributed by atoms with Crippen LogP contribution in [0.3, 0.4) is 0 Å². The van der Waals surface area contributed by atoms with Crippen LogP contribution in [-0.2, 0) is 5.41 Å². The summed E-state index contributed by atoms with van der Waals surface area (Å²) < 4.78 is 0. The van der Waals surface area contributed by atoms with Crippen molar-refractivity contribution in [2.24, 2.45) is 0 Å². The van der Waals surface area contributed by atoms with Crippen molar-refractivity contribution in [3.63, 3.8) is 0 Å². The zero-order valence-corrected chi connectivity index (χ0v) is 8.10. The van der Waals surface area contributed by atoms with Gasteiger partial charge in [-0.25, -0.2) is 0 Å². The Hall–Kier alpha value is -1.38. The fourth-order valence-corrected chi connectivity index (χ4v) is 0.985. The molecule has 0 spiro atoms. The average Bonchev–Trinajstić information content (AvgIpc) is 2.18. The van der Waals surface area contributed by atoms with E-state index in [0.717, 1.165) is 0 Å². The Balaban J connectivity index is 3.01. The van der Waals surface area contributed by atoms with Crippen molar-refractivity contribution in [2.75, 3.05) is 0 Å². The van der Waals surface area contributed by atoms with Crippen molar-refractivity contribution in [2.45, 2.75) is 19.3 Å². The van der Waals surface area contributed by atoms with E-state index in [-0.39, 0.29) is 0 Å². The zero-order valence-electron chi connectivity index (χ0n) is 8.10. The molecular weight excluding hydrogens is 179 g/mol. The van der Waals surface area contributed by atoms with Gasteiger partial charge in [-0.2, -0.15) is 5.26 Å².